The number of aromatic nitrogens is 5. The van der Waals surface area contributed by atoms with Gasteiger partial charge in [-0.1, -0.05) is 44.2 Å². The zero-order valence-electron chi connectivity index (χ0n) is 19.6. The summed E-state index contributed by atoms with van der Waals surface area (Å²) in [7, 11) is 3.47. The van der Waals surface area contributed by atoms with Crippen LogP contribution in [0.5, 0.6) is 0 Å². The fourth-order valence-corrected chi connectivity index (χ4v) is 4.57. The first-order valence-corrected chi connectivity index (χ1v) is 11.4. The van der Waals surface area contributed by atoms with E-state index in [1.54, 1.807) is 14.2 Å². The summed E-state index contributed by atoms with van der Waals surface area (Å²) in [4.78, 5) is 7.18. The molecule has 1 aliphatic heterocycles. The van der Waals surface area contributed by atoms with Gasteiger partial charge in [-0.15, -0.1) is 10.2 Å². The number of benzene rings is 1. The molecule has 0 radical (unpaired) electrons. The second-order valence-corrected chi connectivity index (χ2v) is 9.18. The maximum atomic E-state index is 5.99. The van der Waals surface area contributed by atoms with Gasteiger partial charge in [-0.2, -0.15) is 9.61 Å². The van der Waals surface area contributed by atoms with E-state index in [-0.39, 0.29) is 6.10 Å². The summed E-state index contributed by atoms with van der Waals surface area (Å²) in [5, 5.41) is 14.9. The number of hydrogen-bond donors (Lipinski definition) is 0. The molecular formula is C25H30N6O2. The van der Waals surface area contributed by atoms with E-state index in [1.165, 1.54) is 0 Å². The van der Waals surface area contributed by atoms with E-state index in [4.69, 9.17) is 19.6 Å². The monoisotopic (exact) mass is 446 g/mol. The number of pyridine rings is 1. The van der Waals surface area contributed by atoms with Gasteiger partial charge >= 0.3 is 0 Å². The Hall–Kier alpha value is -3.10. The van der Waals surface area contributed by atoms with E-state index in [0.29, 0.717) is 17.5 Å². The van der Waals surface area contributed by atoms with Gasteiger partial charge in [0, 0.05) is 45.0 Å². The Morgan fingerprint density at radius 1 is 1.09 bits per heavy atom. The van der Waals surface area contributed by atoms with E-state index in [0.717, 1.165) is 59.8 Å². The second-order valence-electron chi connectivity index (χ2n) is 9.18. The predicted molar refractivity (Wildman–Crippen MR) is 127 cm³/mol. The van der Waals surface area contributed by atoms with Crippen LogP contribution in [0.1, 0.15) is 37.0 Å². The van der Waals surface area contributed by atoms with Crippen LogP contribution in [0, 0.1) is 11.8 Å². The summed E-state index contributed by atoms with van der Waals surface area (Å²) in [5.41, 5.74) is 4.41. The molecule has 1 saturated heterocycles. The summed E-state index contributed by atoms with van der Waals surface area (Å²) in [5.74, 6) is 1.83. The number of hydrogen-bond acceptors (Lipinski definition) is 7. The first-order chi connectivity index (χ1) is 16.1. The molecule has 33 heavy (non-hydrogen) atoms. The highest BCUT2D eigenvalue weighted by atomic mass is 16.5. The molecular weight excluding hydrogens is 416 g/mol. The normalized spacial score (nSPS) is 15.5. The quantitative estimate of drug-likeness (QED) is 0.408. The molecule has 0 bridgehead atoms. The third-order valence-electron chi connectivity index (χ3n) is 6.18. The van der Waals surface area contributed by atoms with Crippen LogP contribution >= 0.6 is 0 Å². The molecule has 1 aromatic carbocycles. The molecule has 1 atom stereocenters. The Morgan fingerprint density at radius 3 is 2.58 bits per heavy atom. The van der Waals surface area contributed by atoms with Crippen molar-refractivity contribution in [1.82, 2.24) is 24.8 Å². The van der Waals surface area contributed by atoms with Crippen molar-refractivity contribution in [1.29, 1.82) is 0 Å². The number of rotatable bonds is 8. The molecule has 8 heteroatoms. The molecule has 4 heterocycles. The molecule has 1 aliphatic rings. The van der Waals surface area contributed by atoms with Gasteiger partial charge in [0.1, 0.15) is 17.3 Å². The molecule has 1 fully saturated rings. The van der Waals surface area contributed by atoms with Gasteiger partial charge in [-0.3, -0.25) is 0 Å². The van der Waals surface area contributed by atoms with Crippen molar-refractivity contribution in [3.05, 3.63) is 59.7 Å². The first-order valence-electron chi connectivity index (χ1n) is 11.4. The molecule has 4 aromatic rings. The molecule has 0 N–H and O–H groups in total. The Balaban J connectivity index is 1.67. The van der Waals surface area contributed by atoms with E-state index in [2.05, 4.69) is 47.1 Å². The van der Waals surface area contributed by atoms with E-state index in [9.17, 15) is 0 Å². The van der Waals surface area contributed by atoms with Gasteiger partial charge in [0.15, 0.2) is 5.82 Å². The number of nitrogens with zero attached hydrogens (tertiary/aromatic N) is 6. The lowest BCUT2D eigenvalue weighted by molar-refractivity contribution is 0.133. The molecule has 1 unspecified atom stereocenters. The van der Waals surface area contributed by atoms with Gasteiger partial charge in [0.25, 0.3) is 0 Å². The summed E-state index contributed by atoms with van der Waals surface area (Å²) in [6.45, 7) is 7.03. The molecule has 0 saturated carbocycles. The van der Waals surface area contributed by atoms with Gasteiger partial charge < -0.3 is 14.4 Å². The van der Waals surface area contributed by atoms with Gasteiger partial charge in [-0.05, 0) is 17.5 Å². The average Bonchev–Trinajstić information content (AvgIpc) is 3.19. The van der Waals surface area contributed by atoms with Crippen LogP contribution in [0.25, 0.3) is 16.6 Å². The topological polar surface area (TPSA) is 77.7 Å². The van der Waals surface area contributed by atoms with Crippen molar-refractivity contribution < 1.29 is 9.47 Å². The lowest BCUT2D eigenvalue weighted by Gasteiger charge is -2.40. The Kier molecular flexibility index (Phi) is 5.95. The van der Waals surface area contributed by atoms with Crippen LogP contribution < -0.4 is 4.90 Å². The lowest BCUT2D eigenvalue weighted by atomic mass is 9.99. The summed E-state index contributed by atoms with van der Waals surface area (Å²) in [6, 6.07) is 12.3. The van der Waals surface area contributed by atoms with Crippen molar-refractivity contribution in [3.63, 3.8) is 0 Å². The largest absolute Gasteiger partial charge is 0.384 e. The minimum atomic E-state index is -0.331. The molecule has 172 valence electrons. The Labute approximate surface area is 193 Å². The van der Waals surface area contributed by atoms with Crippen molar-refractivity contribution >= 4 is 22.2 Å². The highest BCUT2D eigenvalue weighted by Crippen LogP contribution is 2.34. The van der Waals surface area contributed by atoms with Crippen LogP contribution in [-0.2, 0) is 15.9 Å². The zero-order chi connectivity index (χ0) is 22.9. The average molecular weight is 447 g/mol. The highest BCUT2D eigenvalue weighted by Gasteiger charge is 2.29. The molecule has 5 rings (SSSR count). The fraction of sp³-hybridized carbons (Fsp3) is 0.440. The standard InChI is InChI=1S/C25H30N6O2/c1-16(2)10-21-27-28-25-23-20(11-19(12-26-23)30-13-17(14-30)15-32-3)22(29-31(21)25)24(33-4)18-8-6-5-7-9-18/h5-9,11-12,16-17,24H,10,13-15H2,1-4H3. The van der Waals surface area contributed by atoms with Crippen molar-refractivity contribution in [2.45, 2.75) is 26.4 Å². The van der Waals surface area contributed by atoms with Crippen molar-refractivity contribution in [3.8, 4) is 0 Å². The van der Waals surface area contributed by atoms with E-state index < -0.39 is 0 Å². The van der Waals surface area contributed by atoms with Crippen LogP contribution in [-0.4, -0.2) is 58.7 Å². The number of ether oxygens (including phenoxy) is 2. The lowest BCUT2D eigenvalue weighted by Crippen LogP contribution is -2.48. The summed E-state index contributed by atoms with van der Waals surface area (Å²) in [6.07, 6.45) is 2.38. The third kappa shape index (κ3) is 4.05. The van der Waals surface area contributed by atoms with Crippen molar-refractivity contribution in [2.24, 2.45) is 11.8 Å². The number of fused-ring (bicyclic) bond motifs is 3. The molecule has 0 amide bonds. The maximum Gasteiger partial charge on any atom is 0.204 e. The summed E-state index contributed by atoms with van der Waals surface area (Å²) < 4.78 is 13.1. The number of anilines is 1. The predicted octanol–water partition coefficient (Wildman–Crippen LogP) is 3.69. The molecule has 8 nitrogen and oxygen atoms in total. The number of methoxy groups -OCH3 is 2. The molecule has 0 spiro atoms. The highest BCUT2D eigenvalue weighted by molar-refractivity contribution is 5.93. The summed E-state index contributed by atoms with van der Waals surface area (Å²) >= 11 is 0. The smallest absolute Gasteiger partial charge is 0.204 e. The van der Waals surface area contributed by atoms with Gasteiger partial charge in [-0.25, -0.2) is 4.98 Å². The van der Waals surface area contributed by atoms with Crippen LogP contribution in [0.4, 0.5) is 5.69 Å². The Morgan fingerprint density at radius 2 is 1.88 bits per heavy atom. The zero-order valence-corrected chi connectivity index (χ0v) is 19.6. The molecule has 3 aromatic heterocycles. The van der Waals surface area contributed by atoms with Crippen LogP contribution in [0.2, 0.25) is 0 Å². The third-order valence-corrected chi connectivity index (χ3v) is 6.18. The van der Waals surface area contributed by atoms with E-state index >= 15 is 0 Å². The van der Waals surface area contributed by atoms with Crippen molar-refractivity contribution in [2.75, 3.05) is 38.8 Å². The second kappa shape index (κ2) is 9.03. The van der Waals surface area contributed by atoms with Crippen LogP contribution in [0.15, 0.2) is 42.6 Å². The van der Waals surface area contributed by atoms with E-state index in [1.807, 2.05) is 28.9 Å². The van der Waals surface area contributed by atoms with Gasteiger partial charge in [0.05, 0.1) is 18.5 Å². The first kappa shape index (κ1) is 21.7. The van der Waals surface area contributed by atoms with Crippen LogP contribution in [0.3, 0.4) is 0 Å². The minimum Gasteiger partial charge on any atom is -0.384 e. The van der Waals surface area contributed by atoms with Gasteiger partial charge in [0.2, 0.25) is 5.65 Å². The minimum absolute atomic E-state index is 0.331. The molecule has 0 aliphatic carbocycles. The Bertz CT molecular complexity index is 1250. The maximum absolute atomic E-state index is 5.99. The SMILES string of the molecule is COCC1CN(c2cnc3c(c2)c(C(OC)c2ccccc2)nn2c(CC(C)C)nnc32)C1. The fourth-order valence-electron chi connectivity index (χ4n) is 4.57.